The van der Waals surface area contributed by atoms with E-state index in [1.165, 1.54) is 5.54 Å². The van der Waals surface area contributed by atoms with Crippen molar-refractivity contribution in [3.8, 4) is 0 Å². The topological polar surface area (TPSA) is 12.0 Å². The molecule has 0 saturated heterocycles. The van der Waals surface area contributed by atoms with E-state index in [4.69, 9.17) is 23.2 Å². The first-order valence-corrected chi connectivity index (χ1v) is 5.41. The summed E-state index contributed by atoms with van der Waals surface area (Å²) in [5.41, 5.74) is 1.28. The lowest BCUT2D eigenvalue weighted by Crippen LogP contribution is -2.37. The van der Waals surface area contributed by atoms with Gasteiger partial charge >= 0.3 is 0 Å². The number of nitrogens with one attached hydrogen (secondary N) is 1. The summed E-state index contributed by atoms with van der Waals surface area (Å²) in [7, 11) is 0. The minimum Gasteiger partial charge on any atom is -0.309 e. The van der Waals surface area contributed by atoms with Crippen LogP contribution >= 0.6 is 23.2 Å². The fraction of sp³-hybridized carbons (Fsp3) is 0.778. The normalized spacial score (nSPS) is 23.9. The lowest BCUT2D eigenvalue weighted by atomic mass is 9.92. The Labute approximate surface area is 92.5 Å². The highest BCUT2D eigenvalue weighted by molar-refractivity contribution is 6.36. The Bertz CT molecular complexity index is 209. The monoisotopic (exact) mass is 243 g/mol. The molecule has 0 aromatic heterocycles. The predicted molar refractivity (Wildman–Crippen MR) is 55.0 cm³/mol. The average Bonchev–Trinajstić information content (AvgIpc) is 2.16. The summed E-state index contributed by atoms with van der Waals surface area (Å²) in [5.74, 6) is -2.47. The van der Waals surface area contributed by atoms with Crippen molar-refractivity contribution < 1.29 is 8.78 Å². The molecule has 0 heterocycles. The smallest absolute Gasteiger partial charge is 0.248 e. The van der Waals surface area contributed by atoms with Crippen LogP contribution in [-0.4, -0.2) is 18.5 Å². The number of hydrogen-bond donors (Lipinski definition) is 1. The standard InChI is InChI=1S/C9H13Cl2F2N/c10-5-7(11)6-14-8-1-3-9(12,13)4-2-8/h5,8,14H,1-4,6H2/b7-5-. The highest BCUT2D eigenvalue weighted by atomic mass is 35.5. The quantitative estimate of drug-likeness (QED) is 0.801. The maximum Gasteiger partial charge on any atom is 0.248 e. The van der Waals surface area contributed by atoms with E-state index in [1.54, 1.807) is 0 Å². The van der Waals surface area contributed by atoms with Crippen LogP contribution < -0.4 is 5.32 Å². The van der Waals surface area contributed by atoms with E-state index in [9.17, 15) is 8.78 Å². The van der Waals surface area contributed by atoms with E-state index in [-0.39, 0.29) is 18.9 Å². The van der Waals surface area contributed by atoms with Crippen LogP contribution in [0.5, 0.6) is 0 Å². The first-order valence-electron chi connectivity index (χ1n) is 4.59. The third kappa shape index (κ3) is 4.11. The van der Waals surface area contributed by atoms with E-state index in [0.717, 1.165) is 0 Å². The van der Waals surface area contributed by atoms with Crippen molar-refractivity contribution in [2.24, 2.45) is 0 Å². The highest BCUT2D eigenvalue weighted by Gasteiger charge is 2.34. The minimum atomic E-state index is -2.47. The van der Waals surface area contributed by atoms with Crippen LogP contribution in [0.1, 0.15) is 25.7 Å². The first-order chi connectivity index (χ1) is 6.53. The third-order valence-corrected chi connectivity index (χ3v) is 3.01. The van der Waals surface area contributed by atoms with Gasteiger partial charge in [-0.05, 0) is 12.8 Å². The third-order valence-electron chi connectivity index (χ3n) is 2.40. The highest BCUT2D eigenvalue weighted by Crippen LogP contribution is 2.32. The molecule has 1 nitrogen and oxygen atoms in total. The Morgan fingerprint density at radius 3 is 2.50 bits per heavy atom. The van der Waals surface area contributed by atoms with Crippen molar-refractivity contribution in [3.63, 3.8) is 0 Å². The molecule has 0 amide bonds. The van der Waals surface area contributed by atoms with E-state index in [2.05, 4.69) is 5.32 Å². The summed E-state index contributed by atoms with van der Waals surface area (Å²) < 4.78 is 25.5. The molecule has 0 bridgehead atoms. The fourth-order valence-electron chi connectivity index (χ4n) is 1.52. The molecule has 5 heteroatoms. The van der Waals surface area contributed by atoms with Gasteiger partial charge in [0.1, 0.15) is 0 Å². The van der Waals surface area contributed by atoms with E-state index in [0.29, 0.717) is 24.4 Å². The van der Waals surface area contributed by atoms with E-state index < -0.39 is 5.92 Å². The molecular formula is C9H13Cl2F2N. The average molecular weight is 244 g/mol. The Balaban J connectivity index is 2.23. The molecule has 0 radical (unpaired) electrons. The molecule has 82 valence electrons. The van der Waals surface area contributed by atoms with Crippen molar-refractivity contribution in [3.05, 3.63) is 10.6 Å². The van der Waals surface area contributed by atoms with Crippen molar-refractivity contribution in [1.29, 1.82) is 0 Å². The molecule has 0 aliphatic heterocycles. The van der Waals surface area contributed by atoms with Gasteiger partial charge in [-0.15, -0.1) is 0 Å². The molecule has 1 aliphatic carbocycles. The number of rotatable bonds is 3. The molecular weight excluding hydrogens is 231 g/mol. The van der Waals surface area contributed by atoms with Crippen LogP contribution in [0.25, 0.3) is 0 Å². The Hall–Kier alpha value is 0.140. The Morgan fingerprint density at radius 2 is 2.00 bits per heavy atom. The fourth-order valence-corrected chi connectivity index (χ4v) is 1.68. The van der Waals surface area contributed by atoms with Crippen LogP contribution in [-0.2, 0) is 0 Å². The van der Waals surface area contributed by atoms with E-state index >= 15 is 0 Å². The van der Waals surface area contributed by atoms with Gasteiger partial charge in [0.2, 0.25) is 5.92 Å². The second kappa shape index (κ2) is 5.29. The van der Waals surface area contributed by atoms with Gasteiger partial charge in [-0.25, -0.2) is 8.78 Å². The molecule has 0 atom stereocenters. The molecule has 0 spiro atoms. The van der Waals surface area contributed by atoms with Gasteiger partial charge in [0.15, 0.2) is 0 Å². The number of halogens is 4. The van der Waals surface area contributed by atoms with Crippen LogP contribution in [0.4, 0.5) is 8.78 Å². The van der Waals surface area contributed by atoms with Gasteiger partial charge in [-0.1, -0.05) is 23.2 Å². The summed E-state index contributed by atoms with van der Waals surface area (Å²) in [6.07, 6.45) is 0.929. The van der Waals surface area contributed by atoms with Gasteiger partial charge < -0.3 is 5.32 Å². The van der Waals surface area contributed by atoms with Crippen LogP contribution in [0.3, 0.4) is 0 Å². The molecule has 1 N–H and O–H groups in total. The summed E-state index contributed by atoms with van der Waals surface area (Å²) in [4.78, 5) is 0. The van der Waals surface area contributed by atoms with Gasteiger partial charge in [0.25, 0.3) is 0 Å². The molecule has 0 aromatic carbocycles. The number of alkyl halides is 2. The Morgan fingerprint density at radius 1 is 1.43 bits per heavy atom. The molecule has 0 aromatic rings. The Kier molecular flexibility index (Phi) is 4.61. The zero-order valence-electron chi connectivity index (χ0n) is 7.70. The van der Waals surface area contributed by atoms with Crippen LogP contribution in [0.2, 0.25) is 0 Å². The van der Waals surface area contributed by atoms with Crippen molar-refractivity contribution in [1.82, 2.24) is 5.32 Å². The zero-order chi connectivity index (χ0) is 10.6. The number of hydrogen-bond acceptors (Lipinski definition) is 1. The second-order valence-electron chi connectivity index (χ2n) is 3.57. The predicted octanol–water partition coefficient (Wildman–Crippen LogP) is 3.47. The van der Waals surface area contributed by atoms with Crippen molar-refractivity contribution in [2.75, 3.05) is 6.54 Å². The lowest BCUT2D eigenvalue weighted by Gasteiger charge is -2.28. The van der Waals surface area contributed by atoms with Gasteiger partial charge in [0.05, 0.1) is 0 Å². The lowest BCUT2D eigenvalue weighted by molar-refractivity contribution is -0.0401. The zero-order valence-corrected chi connectivity index (χ0v) is 9.21. The molecule has 1 rings (SSSR count). The van der Waals surface area contributed by atoms with E-state index in [1.807, 2.05) is 0 Å². The summed E-state index contributed by atoms with van der Waals surface area (Å²) in [6, 6.07) is 0.139. The van der Waals surface area contributed by atoms with Gasteiger partial charge in [-0.2, -0.15) is 0 Å². The van der Waals surface area contributed by atoms with Gasteiger partial charge in [-0.3, -0.25) is 0 Å². The minimum absolute atomic E-state index is 0.0348. The van der Waals surface area contributed by atoms with Crippen molar-refractivity contribution >= 4 is 23.2 Å². The first kappa shape index (κ1) is 12.2. The molecule has 14 heavy (non-hydrogen) atoms. The molecule has 0 unspecified atom stereocenters. The maximum atomic E-state index is 12.8. The van der Waals surface area contributed by atoms with Crippen LogP contribution in [0, 0.1) is 0 Å². The molecule has 1 aliphatic rings. The van der Waals surface area contributed by atoms with Crippen LogP contribution in [0.15, 0.2) is 10.6 Å². The molecule has 1 saturated carbocycles. The van der Waals surface area contributed by atoms with Crippen molar-refractivity contribution in [2.45, 2.75) is 37.6 Å². The SMILES string of the molecule is FC1(F)CCC(NC/C(Cl)=C/Cl)CC1. The molecule has 1 fully saturated rings. The largest absolute Gasteiger partial charge is 0.309 e. The second-order valence-corrected chi connectivity index (χ2v) is 4.27. The summed E-state index contributed by atoms with van der Waals surface area (Å²) >= 11 is 11.0. The summed E-state index contributed by atoms with van der Waals surface area (Å²) in [5, 5.41) is 3.60. The van der Waals surface area contributed by atoms with Gasteiger partial charge in [0, 0.05) is 36.0 Å². The maximum absolute atomic E-state index is 12.8. The summed E-state index contributed by atoms with van der Waals surface area (Å²) in [6.45, 7) is 0.460.